The summed E-state index contributed by atoms with van der Waals surface area (Å²) in [6.45, 7) is 6.76. The van der Waals surface area contributed by atoms with Gasteiger partial charge in [0.15, 0.2) is 5.82 Å². The van der Waals surface area contributed by atoms with Gasteiger partial charge in [0, 0.05) is 26.1 Å². The number of hydrogen-bond acceptors (Lipinski definition) is 7. The maximum absolute atomic E-state index is 12.2. The molecule has 2 aliphatic heterocycles. The molecule has 4 amide bonds. The average Bonchev–Trinajstić information content (AvgIpc) is 3.21. The van der Waals surface area contributed by atoms with Gasteiger partial charge >= 0.3 is 6.03 Å². The molecule has 154 valence electrons. The third kappa shape index (κ3) is 4.86. The van der Waals surface area contributed by atoms with Crippen molar-refractivity contribution in [2.75, 3.05) is 39.8 Å². The summed E-state index contributed by atoms with van der Waals surface area (Å²) in [5.74, 6) is 1.19. The predicted molar refractivity (Wildman–Crippen MR) is 99.1 cm³/mol. The minimum atomic E-state index is -0.426. The van der Waals surface area contributed by atoms with Crippen molar-refractivity contribution in [1.82, 2.24) is 30.2 Å². The van der Waals surface area contributed by atoms with Crippen molar-refractivity contribution in [2.45, 2.75) is 39.2 Å². The van der Waals surface area contributed by atoms with E-state index in [9.17, 15) is 14.4 Å². The first-order valence-corrected chi connectivity index (χ1v) is 9.70. The van der Waals surface area contributed by atoms with Gasteiger partial charge in [0.25, 0.3) is 5.91 Å². The van der Waals surface area contributed by atoms with Gasteiger partial charge in [0.05, 0.1) is 6.54 Å². The van der Waals surface area contributed by atoms with Crippen molar-refractivity contribution in [1.29, 1.82) is 0 Å². The van der Waals surface area contributed by atoms with Crippen molar-refractivity contribution in [2.24, 2.45) is 5.92 Å². The molecule has 2 saturated heterocycles. The quantitative estimate of drug-likeness (QED) is 0.669. The van der Waals surface area contributed by atoms with Crippen LogP contribution in [0.2, 0.25) is 0 Å². The standard InChI is InChI=1S/C18H28N6O4/c1-12(2)17-20-14(21-28-17)9-23-6-4-5-13(8-23)7-19-15(25)10-24-16(26)11-22(3)18(24)27/h12-13H,4-11H2,1-3H3,(H,19,25). The smallest absolute Gasteiger partial charge is 0.327 e. The normalized spacial score (nSPS) is 21.1. The zero-order chi connectivity index (χ0) is 20.3. The number of imide groups is 1. The monoisotopic (exact) mass is 392 g/mol. The van der Waals surface area contributed by atoms with Gasteiger partial charge in [-0.05, 0) is 25.3 Å². The first-order chi connectivity index (χ1) is 13.3. The highest BCUT2D eigenvalue weighted by Gasteiger charge is 2.34. The van der Waals surface area contributed by atoms with Gasteiger partial charge in [-0.25, -0.2) is 4.79 Å². The summed E-state index contributed by atoms with van der Waals surface area (Å²) in [4.78, 5) is 44.7. The van der Waals surface area contributed by atoms with Crippen LogP contribution >= 0.6 is 0 Å². The van der Waals surface area contributed by atoms with E-state index in [1.54, 1.807) is 7.05 Å². The predicted octanol–water partition coefficient (Wildman–Crippen LogP) is 0.415. The van der Waals surface area contributed by atoms with Crippen LogP contribution in [0.3, 0.4) is 0 Å². The van der Waals surface area contributed by atoms with E-state index in [1.807, 2.05) is 13.8 Å². The summed E-state index contributed by atoms with van der Waals surface area (Å²) >= 11 is 0. The summed E-state index contributed by atoms with van der Waals surface area (Å²) in [7, 11) is 1.54. The molecule has 1 aromatic rings. The maximum atomic E-state index is 12.2. The highest BCUT2D eigenvalue weighted by molar-refractivity contribution is 6.04. The molecule has 0 aliphatic carbocycles. The maximum Gasteiger partial charge on any atom is 0.327 e. The molecule has 3 rings (SSSR count). The molecule has 1 atom stereocenters. The van der Waals surface area contributed by atoms with Gasteiger partial charge in [-0.15, -0.1) is 0 Å². The second-order valence-electron chi connectivity index (χ2n) is 7.87. The molecule has 0 aromatic carbocycles. The number of hydrogen-bond donors (Lipinski definition) is 1. The first-order valence-electron chi connectivity index (χ1n) is 9.70. The van der Waals surface area contributed by atoms with Crippen molar-refractivity contribution in [3.8, 4) is 0 Å². The topological polar surface area (TPSA) is 112 Å². The molecule has 10 nitrogen and oxygen atoms in total. The Bertz CT molecular complexity index is 733. The zero-order valence-corrected chi connectivity index (χ0v) is 16.7. The highest BCUT2D eigenvalue weighted by Crippen LogP contribution is 2.18. The minimum Gasteiger partial charge on any atom is -0.354 e. The number of carbonyl (C=O) groups is 3. The molecule has 0 radical (unpaired) electrons. The number of rotatable bonds is 7. The molecule has 0 bridgehead atoms. The van der Waals surface area contributed by atoms with E-state index in [0.717, 1.165) is 30.8 Å². The lowest BCUT2D eigenvalue weighted by molar-refractivity contribution is -0.130. The number of piperidine rings is 1. The molecule has 2 fully saturated rings. The molecule has 10 heteroatoms. The van der Waals surface area contributed by atoms with E-state index in [-0.39, 0.29) is 30.8 Å². The lowest BCUT2D eigenvalue weighted by Gasteiger charge is -2.32. The van der Waals surface area contributed by atoms with Gasteiger partial charge in [-0.3, -0.25) is 19.4 Å². The van der Waals surface area contributed by atoms with E-state index >= 15 is 0 Å². The van der Waals surface area contributed by atoms with Crippen LogP contribution < -0.4 is 5.32 Å². The number of nitrogens with one attached hydrogen (secondary N) is 1. The second-order valence-corrected chi connectivity index (χ2v) is 7.87. The number of urea groups is 1. The number of nitrogens with zero attached hydrogens (tertiary/aromatic N) is 5. The van der Waals surface area contributed by atoms with Gasteiger partial charge in [-0.2, -0.15) is 4.98 Å². The summed E-state index contributed by atoms with van der Waals surface area (Å²) in [5.41, 5.74) is 0. The lowest BCUT2D eigenvalue weighted by atomic mass is 9.98. The Balaban J connectivity index is 1.43. The summed E-state index contributed by atoms with van der Waals surface area (Å²) in [6, 6.07) is -0.426. The molecule has 1 unspecified atom stereocenters. The van der Waals surface area contributed by atoms with E-state index in [4.69, 9.17) is 4.52 Å². The van der Waals surface area contributed by atoms with Crippen molar-refractivity contribution in [3.63, 3.8) is 0 Å². The second kappa shape index (κ2) is 8.68. The summed E-state index contributed by atoms with van der Waals surface area (Å²) in [5, 5.41) is 6.90. The van der Waals surface area contributed by atoms with Crippen molar-refractivity contribution >= 4 is 17.8 Å². The van der Waals surface area contributed by atoms with E-state index in [2.05, 4.69) is 20.4 Å². The molecule has 0 spiro atoms. The van der Waals surface area contributed by atoms with Gasteiger partial charge < -0.3 is 14.7 Å². The Labute approximate surface area is 164 Å². The fourth-order valence-electron chi connectivity index (χ4n) is 3.51. The highest BCUT2D eigenvalue weighted by atomic mass is 16.5. The molecular weight excluding hydrogens is 364 g/mol. The Morgan fingerprint density at radius 3 is 2.79 bits per heavy atom. The van der Waals surface area contributed by atoms with Crippen molar-refractivity contribution < 1.29 is 18.9 Å². The number of carbonyl (C=O) groups excluding carboxylic acids is 3. The first kappa shape index (κ1) is 20.2. The minimum absolute atomic E-state index is 0.0261. The average molecular weight is 392 g/mol. The Morgan fingerprint density at radius 1 is 1.36 bits per heavy atom. The largest absolute Gasteiger partial charge is 0.354 e. The van der Waals surface area contributed by atoms with Crippen LogP contribution in [0.25, 0.3) is 0 Å². The summed E-state index contributed by atoms with van der Waals surface area (Å²) < 4.78 is 5.25. The fourth-order valence-corrected chi connectivity index (χ4v) is 3.51. The van der Waals surface area contributed by atoms with E-state index in [0.29, 0.717) is 30.7 Å². The third-order valence-electron chi connectivity index (χ3n) is 5.07. The zero-order valence-electron chi connectivity index (χ0n) is 16.7. The SMILES string of the molecule is CC(C)c1nc(CN2CCCC(CNC(=O)CN3C(=O)CN(C)C3=O)C2)no1. The Kier molecular flexibility index (Phi) is 6.28. The van der Waals surface area contributed by atoms with Crippen LogP contribution in [0, 0.1) is 5.92 Å². The molecule has 28 heavy (non-hydrogen) atoms. The molecule has 0 saturated carbocycles. The van der Waals surface area contributed by atoms with Gasteiger partial charge in [0.2, 0.25) is 11.8 Å². The van der Waals surface area contributed by atoms with Crippen LogP contribution in [-0.4, -0.2) is 82.5 Å². The number of amides is 4. The van der Waals surface area contributed by atoms with E-state index < -0.39 is 6.03 Å². The van der Waals surface area contributed by atoms with Crippen LogP contribution in [0.4, 0.5) is 4.79 Å². The van der Waals surface area contributed by atoms with Crippen molar-refractivity contribution in [3.05, 3.63) is 11.7 Å². The molecule has 1 aromatic heterocycles. The Hall–Kier alpha value is -2.49. The Morgan fingerprint density at radius 2 is 2.14 bits per heavy atom. The number of likely N-dealkylation sites (N-methyl/N-ethyl adjacent to an activating group) is 1. The molecule has 3 heterocycles. The van der Waals surface area contributed by atoms with Crippen LogP contribution in [0.15, 0.2) is 4.52 Å². The van der Waals surface area contributed by atoms with Gasteiger partial charge in [0.1, 0.15) is 13.1 Å². The number of aromatic nitrogens is 2. The third-order valence-corrected chi connectivity index (χ3v) is 5.07. The van der Waals surface area contributed by atoms with Crippen LogP contribution in [0.5, 0.6) is 0 Å². The lowest BCUT2D eigenvalue weighted by Crippen LogP contribution is -2.44. The van der Waals surface area contributed by atoms with Crippen LogP contribution in [0.1, 0.15) is 44.3 Å². The van der Waals surface area contributed by atoms with E-state index in [1.165, 1.54) is 4.90 Å². The molecule has 1 N–H and O–H groups in total. The number of likely N-dealkylation sites (tertiary alicyclic amines) is 1. The summed E-state index contributed by atoms with van der Waals surface area (Å²) in [6.07, 6.45) is 2.05. The molecular formula is C18H28N6O4. The fraction of sp³-hybridized carbons (Fsp3) is 0.722. The van der Waals surface area contributed by atoms with Crippen LogP contribution in [-0.2, 0) is 16.1 Å². The van der Waals surface area contributed by atoms with Gasteiger partial charge in [-0.1, -0.05) is 19.0 Å². The molecule has 2 aliphatic rings.